The number of carbonyl (C=O) groups excluding carboxylic acids is 1. The second-order valence-electron chi connectivity index (χ2n) is 6.47. The van der Waals surface area contributed by atoms with E-state index in [2.05, 4.69) is 39.8 Å². The molecular formula is C19H23O2P. The van der Waals surface area contributed by atoms with Crippen LogP contribution in [-0.2, 0) is 5.41 Å². The molecule has 0 aliphatic carbocycles. The molecule has 2 aromatic rings. The predicted octanol–water partition coefficient (Wildman–Crippen LogP) is 3.74. The smallest absolute Gasteiger partial charge is 0.150 e. The summed E-state index contributed by atoms with van der Waals surface area (Å²) >= 11 is 0. The van der Waals surface area contributed by atoms with E-state index in [1.807, 2.05) is 24.3 Å². The second-order valence-corrected chi connectivity index (χ2v) is 7.80. The molecule has 0 aromatic heterocycles. The van der Waals surface area contributed by atoms with Gasteiger partial charge < -0.3 is 4.74 Å². The minimum Gasteiger partial charge on any atom is -0.496 e. The van der Waals surface area contributed by atoms with E-state index in [-0.39, 0.29) is 5.41 Å². The third kappa shape index (κ3) is 3.56. The van der Waals surface area contributed by atoms with Crippen LogP contribution in [0.5, 0.6) is 5.75 Å². The molecular weight excluding hydrogens is 291 g/mol. The summed E-state index contributed by atoms with van der Waals surface area (Å²) in [6.45, 7) is 8.68. The third-order valence-corrected chi connectivity index (χ3v) is 4.97. The molecule has 22 heavy (non-hydrogen) atoms. The van der Waals surface area contributed by atoms with Gasteiger partial charge in [0.25, 0.3) is 0 Å². The number of rotatable bonds is 4. The van der Waals surface area contributed by atoms with Crippen LogP contribution in [-0.4, -0.2) is 13.4 Å². The highest BCUT2D eigenvalue weighted by Gasteiger charge is 2.22. The monoisotopic (exact) mass is 314 g/mol. The van der Waals surface area contributed by atoms with Crippen LogP contribution in [0, 0.1) is 6.92 Å². The maximum Gasteiger partial charge on any atom is 0.150 e. The summed E-state index contributed by atoms with van der Waals surface area (Å²) in [6.07, 6.45) is 0.926. The van der Waals surface area contributed by atoms with E-state index in [1.165, 1.54) is 11.1 Å². The number of methoxy groups -OCH3 is 1. The van der Waals surface area contributed by atoms with Gasteiger partial charge in [0.05, 0.1) is 7.11 Å². The van der Waals surface area contributed by atoms with Crippen LogP contribution in [0.15, 0.2) is 36.4 Å². The standard InChI is InChI=1S/C19H23O2P/c1-13-10-15(19(2,3)4)18(21-5)17(11-13)22-16-9-7-6-8-14(16)12-20/h6-12,22H,1-5H3. The molecule has 3 heteroatoms. The molecule has 0 saturated heterocycles. The largest absolute Gasteiger partial charge is 0.496 e. The van der Waals surface area contributed by atoms with E-state index < -0.39 is 0 Å². The van der Waals surface area contributed by atoms with Crippen molar-refractivity contribution in [2.24, 2.45) is 0 Å². The second kappa shape index (κ2) is 6.62. The Morgan fingerprint density at radius 3 is 2.36 bits per heavy atom. The minimum absolute atomic E-state index is 0.0147. The zero-order valence-corrected chi connectivity index (χ0v) is 14.9. The van der Waals surface area contributed by atoms with Crippen molar-refractivity contribution in [2.45, 2.75) is 33.1 Å². The zero-order chi connectivity index (χ0) is 16.3. The number of hydrogen-bond acceptors (Lipinski definition) is 2. The van der Waals surface area contributed by atoms with E-state index in [9.17, 15) is 4.79 Å². The molecule has 0 fully saturated rings. The van der Waals surface area contributed by atoms with E-state index in [0.29, 0.717) is 8.58 Å². The lowest BCUT2D eigenvalue weighted by Crippen LogP contribution is -2.19. The van der Waals surface area contributed by atoms with E-state index in [1.54, 1.807) is 7.11 Å². The van der Waals surface area contributed by atoms with E-state index in [4.69, 9.17) is 4.74 Å². The van der Waals surface area contributed by atoms with Gasteiger partial charge >= 0.3 is 0 Å². The fourth-order valence-electron chi connectivity index (χ4n) is 2.50. The fraction of sp³-hybridized carbons (Fsp3) is 0.316. The summed E-state index contributed by atoms with van der Waals surface area (Å²) < 4.78 is 5.72. The first-order chi connectivity index (χ1) is 10.4. The molecule has 0 bridgehead atoms. The number of benzene rings is 2. The Labute approximate surface area is 134 Å². The molecule has 0 spiro atoms. The normalized spacial score (nSPS) is 11.9. The molecule has 2 aromatic carbocycles. The maximum atomic E-state index is 11.2. The van der Waals surface area contributed by atoms with Crippen LogP contribution in [0.2, 0.25) is 0 Å². The number of ether oxygens (including phenoxy) is 1. The minimum atomic E-state index is 0.0147. The Morgan fingerprint density at radius 1 is 1.09 bits per heavy atom. The Kier molecular flexibility index (Phi) is 5.03. The lowest BCUT2D eigenvalue weighted by molar-refractivity contribution is 0.112. The molecule has 0 heterocycles. The summed E-state index contributed by atoms with van der Waals surface area (Å²) in [4.78, 5) is 11.2. The molecule has 0 aliphatic heterocycles. The zero-order valence-electron chi connectivity index (χ0n) is 13.9. The van der Waals surface area contributed by atoms with Crippen LogP contribution >= 0.6 is 8.58 Å². The van der Waals surface area contributed by atoms with Gasteiger partial charge in [-0.1, -0.05) is 59.7 Å². The topological polar surface area (TPSA) is 26.3 Å². The highest BCUT2D eigenvalue weighted by Crippen LogP contribution is 2.34. The lowest BCUT2D eigenvalue weighted by Gasteiger charge is -2.25. The maximum absolute atomic E-state index is 11.2. The molecule has 0 radical (unpaired) electrons. The van der Waals surface area contributed by atoms with Crippen molar-refractivity contribution >= 4 is 25.5 Å². The van der Waals surface area contributed by atoms with Crippen molar-refractivity contribution in [3.05, 3.63) is 53.1 Å². The average Bonchev–Trinajstić information content (AvgIpc) is 2.46. The molecule has 0 amide bonds. The van der Waals surface area contributed by atoms with Crippen molar-refractivity contribution in [3.8, 4) is 5.75 Å². The molecule has 116 valence electrons. The van der Waals surface area contributed by atoms with Gasteiger partial charge in [-0.15, -0.1) is 0 Å². The fourth-order valence-corrected chi connectivity index (χ4v) is 3.91. The Bertz CT molecular complexity index is 684. The number of hydrogen-bond donors (Lipinski definition) is 0. The molecule has 0 aliphatic rings. The highest BCUT2D eigenvalue weighted by molar-refractivity contribution is 7.56. The van der Waals surface area contributed by atoms with Crippen molar-refractivity contribution in [3.63, 3.8) is 0 Å². The molecule has 0 saturated carbocycles. The quantitative estimate of drug-likeness (QED) is 0.635. The summed E-state index contributed by atoms with van der Waals surface area (Å²) in [6, 6.07) is 12.1. The van der Waals surface area contributed by atoms with Crippen molar-refractivity contribution in [1.29, 1.82) is 0 Å². The molecule has 0 N–H and O–H groups in total. The summed E-state index contributed by atoms with van der Waals surface area (Å²) in [5.74, 6) is 0.942. The summed E-state index contributed by atoms with van der Waals surface area (Å²) in [7, 11) is 2.13. The van der Waals surface area contributed by atoms with Crippen molar-refractivity contribution in [2.75, 3.05) is 7.11 Å². The Morgan fingerprint density at radius 2 is 1.77 bits per heavy atom. The lowest BCUT2D eigenvalue weighted by atomic mass is 9.85. The number of aryl methyl sites for hydroxylation is 1. The number of carbonyl (C=O) groups is 1. The molecule has 2 nitrogen and oxygen atoms in total. The molecule has 2 rings (SSSR count). The summed E-state index contributed by atoms with van der Waals surface area (Å²) in [5, 5.41) is 2.21. The highest BCUT2D eigenvalue weighted by atomic mass is 31.1. The van der Waals surface area contributed by atoms with Gasteiger partial charge in [0, 0.05) is 16.4 Å². The van der Waals surface area contributed by atoms with Crippen molar-refractivity contribution < 1.29 is 9.53 Å². The first-order valence-electron chi connectivity index (χ1n) is 7.37. The van der Waals surface area contributed by atoms with E-state index in [0.717, 1.165) is 28.2 Å². The first-order valence-corrected chi connectivity index (χ1v) is 8.37. The average molecular weight is 314 g/mol. The van der Waals surface area contributed by atoms with Gasteiger partial charge in [0.1, 0.15) is 5.75 Å². The summed E-state index contributed by atoms with van der Waals surface area (Å²) in [5.41, 5.74) is 3.19. The van der Waals surface area contributed by atoms with Crippen LogP contribution in [0.4, 0.5) is 0 Å². The predicted molar refractivity (Wildman–Crippen MR) is 95.8 cm³/mol. The van der Waals surface area contributed by atoms with Gasteiger partial charge in [0.15, 0.2) is 6.29 Å². The Balaban J connectivity index is 2.56. The van der Waals surface area contributed by atoms with Gasteiger partial charge in [0.2, 0.25) is 0 Å². The third-order valence-electron chi connectivity index (χ3n) is 3.60. The van der Waals surface area contributed by atoms with Gasteiger partial charge in [-0.2, -0.15) is 0 Å². The van der Waals surface area contributed by atoms with Crippen LogP contribution < -0.4 is 15.3 Å². The number of aldehydes is 1. The van der Waals surface area contributed by atoms with Gasteiger partial charge in [-0.05, 0) is 29.3 Å². The van der Waals surface area contributed by atoms with Gasteiger partial charge in [-0.25, -0.2) is 0 Å². The van der Waals surface area contributed by atoms with Crippen LogP contribution in [0.1, 0.15) is 42.3 Å². The van der Waals surface area contributed by atoms with Crippen molar-refractivity contribution in [1.82, 2.24) is 0 Å². The SMILES string of the molecule is COc1c(Pc2ccccc2C=O)cc(C)cc1C(C)(C)C. The van der Waals surface area contributed by atoms with E-state index >= 15 is 0 Å². The molecule has 1 atom stereocenters. The van der Waals surface area contributed by atoms with Crippen LogP contribution in [0.25, 0.3) is 0 Å². The molecule has 1 unspecified atom stereocenters. The first kappa shape index (κ1) is 16.7. The Hall–Kier alpha value is -1.66. The van der Waals surface area contributed by atoms with Crippen LogP contribution in [0.3, 0.4) is 0 Å². The van der Waals surface area contributed by atoms with Gasteiger partial charge in [-0.3, -0.25) is 4.79 Å².